The van der Waals surface area contributed by atoms with Crippen LogP contribution >= 0.6 is 45.5 Å². The zero-order valence-corrected chi connectivity index (χ0v) is 22.0. The molecule has 2 N–H and O–H groups in total. The second-order valence-corrected chi connectivity index (χ2v) is 13.9. The van der Waals surface area contributed by atoms with E-state index in [0.717, 1.165) is 53.1 Å². The summed E-state index contributed by atoms with van der Waals surface area (Å²) < 4.78 is 17.5. The average Bonchev–Trinajstić information content (AvgIpc) is 3.34. The number of aromatic amines is 1. The van der Waals surface area contributed by atoms with Crippen LogP contribution in [0.3, 0.4) is 0 Å². The van der Waals surface area contributed by atoms with E-state index in [9.17, 15) is 4.21 Å². The van der Waals surface area contributed by atoms with Gasteiger partial charge in [0.25, 0.3) is 0 Å². The van der Waals surface area contributed by atoms with Gasteiger partial charge in [-0.15, -0.1) is 11.3 Å². The number of aromatic nitrogens is 5. The van der Waals surface area contributed by atoms with Gasteiger partial charge in [0.1, 0.15) is 15.0 Å². The first-order valence-corrected chi connectivity index (χ1v) is 13.5. The number of nitrogens with zero attached hydrogens (tertiary/aromatic N) is 5. The van der Waals surface area contributed by atoms with Gasteiger partial charge < -0.3 is 4.90 Å². The molecule has 0 saturated carbocycles. The van der Waals surface area contributed by atoms with E-state index in [1.807, 2.05) is 27.0 Å². The van der Waals surface area contributed by atoms with Crippen molar-refractivity contribution in [1.29, 1.82) is 0 Å². The second-order valence-electron chi connectivity index (χ2n) is 9.17. The van der Waals surface area contributed by atoms with Crippen molar-refractivity contribution in [3.05, 3.63) is 24.9 Å². The predicted octanol–water partition coefficient (Wildman–Crippen LogP) is 4.00. The molecule has 1 aliphatic carbocycles. The Labute approximate surface area is 205 Å². The smallest absolute Gasteiger partial charge is 0.202 e. The van der Waals surface area contributed by atoms with Gasteiger partial charge >= 0.3 is 0 Å². The highest BCUT2D eigenvalue weighted by Gasteiger charge is 2.51. The average molecular weight is 592 g/mol. The first-order chi connectivity index (χ1) is 14.7. The molecule has 1 fully saturated rings. The molecule has 3 aromatic heterocycles. The normalized spacial score (nSPS) is 21.7. The molecule has 3 aromatic rings. The van der Waals surface area contributed by atoms with Crippen molar-refractivity contribution in [3.63, 3.8) is 0 Å². The van der Waals surface area contributed by atoms with Crippen molar-refractivity contribution in [2.45, 2.75) is 50.8 Å². The Morgan fingerprint density at radius 2 is 2.10 bits per heavy atom. The molecule has 166 valence electrons. The number of thiazole rings is 1. The SMILES string of the molecule is CC(C)(C)[S@@](=O)N[C@@H]1c2nc(Cl)sc2CC12CCN(c1cnc3c(I)[nH]nc3n1)CC2. The summed E-state index contributed by atoms with van der Waals surface area (Å²) in [6.45, 7) is 7.66. The predicted molar refractivity (Wildman–Crippen MR) is 133 cm³/mol. The van der Waals surface area contributed by atoms with Gasteiger partial charge in [-0.25, -0.2) is 23.9 Å². The van der Waals surface area contributed by atoms with Crippen molar-refractivity contribution in [1.82, 2.24) is 29.9 Å². The largest absolute Gasteiger partial charge is 0.355 e. The van der Waals surface area contributed by atoms with E-state index in [1.165, 1.54) is 4.88 Å². The van der Waals surface area contributed by atoms with Gasteiger partial charge in [-0.2, -0.15) is 5.10 Å². The van der Waals surface area contributed by atoms with Gasteiger partial charge in [-0.05, 0) is 62.6 Å². The minimum atomic E-state index is -1.19. The summed E-state index contributed by atoms with van der Waals surface area (Å²) in [5.41, 5.74) is 2.41. The van der Waals surface area contributed by atoms with Crippen LogP contribution in [-0.2, 0) is 17.4 Å². The fourth-order valence-corrected chi connectivity index (χ4v) is 7.20. The lowest BCUT2D eigenvalue weighted by Crippen LogP contribution is -2.48. The van der Waals surface area contributed by atoms with Crippen molar-refractivity contribution >= 4 is 73.5 Å². The number of fused-ring (bicyclic) bond motifs is 2. The molecule has 1 aliphatic heterocycles. The number of anilines is 1. The Kier molecular flexibility index (Phi) is 5.56. The summed E-state index contributed by atoms with van der Waals surface area (Å²) >= 11 is 9.95. The van der Waals surface area contributed by atoms with E-state index >= 15 is 0 Å². The Balaban J connectivity index is 1.39. The summed E-state index contributed by atoms with van der Waals surface area (Å²) in [6, 6.07) is -0.0602. The van der Waals surface area contributed by atoms with Gasteiger partial charge in [0.2, 0.25) is 5.65 Å². The van der Waals surface area contributed by atoms with Gasteiger partial charge in [-0.3, -0.25) is 5.10 Å². The Morgan fingerprint density at radius 1 is 1.35 bits per heavy atom. The first kappa shape index (κ1) is 21.9. The third kappa shape index (κ3) is 3.90. The number of nitrogens with one attached hydrogen (secondary N) is 2. The molecule has 4 heterocycles. The molecular weight excluding hydrogens is 569 g/mol. The topological polar surface area (TPSA) is 99.7 Å². The van der Waals surface area contributed by atoms with E-state index in [0.29, 0.717) is 10.1 Å². The fourth-order valence-electron chi connectivity index (χ4n) is 4.42. The van der Waals surface area contributed by atoms with Crippen LogP contribution < -0.4 is 9.62 Å². The maximum atomic E-state index is 13.0. The molecule has 0 bridgehead atoms. The fraction of sp³-hybridized carbons (Fsp3) is 0.579. The number of rotatable bonds is 3. The monoisotopic (exact) mass is 591 g/mol. The van der Waals surface area contributed by atoms with E-state index in [-0.39, 0.29) is 16.2 Å². The molecule has 31 heavy (non-hydrogen) atoms. The van der Waals surface area contributed by atoms with E-state index < -0.39 is 11.0 Å². The van der Waals surface area contributed by atoms with E-state index in [1.54, 1.807) is 11.3 Å². The molecule has 12 heteroatoms. The van der Waals surface area contributed by atoms with Gasteiger partial charge in [0, 0.05) is 23.4 Å². The zero-order chi connectivity index (χ0) is 22.0. The highest BCUT2D eigenvalue weighted by molar-refractivity contribution is 14.1. The van der Waals surface area contributed by atoms with Crippen LogP contribution in [-0.4, -0.2) is 47.2 Å². The summed E-state index contributed by atoms with van der Waals surface area (Å²) in [5.74, 6) is 0.849. The maximum Gasteiger partial charge on any atom is 0.202 e. The summed E-state index contributed by atoms with van der Waals surface area (Å²) in [4.78, 5) is 17.3. The molecular formula is C19H23ClIN7OS2. The number of hydrogen-bond donors (Lipinski definition) is 2. The van der Waals surface area contributed by atoms with Gasteiger partial charge in [-0.1, -0.05) is 11.6 Å². The Hall–Kier alpha value is -0.890. The third-order valence-corrected chi connectivity index (χ3v) is 9.66. The number of H-pyrrole nitrogens is 1. The second kappa shape index (κ2) is 7.86. The minimum absolute atomic E-state index is 0.0184. The lowest BCUT2D eigenvalue weighted by atomic mass is 9.73. The van der Waals surface area contributed by atoms with Crippen LogP contribution in [0.2, 0.25) is 4.47 Å². The van der Waals surface area contributed by atoms with Gasteiger partial charge in [0.05, 0.1) is 33.7 Å². The van der Waals surface area contributed by atoms with E-state index in [2.05, 4.69) is 52.4 Å². The summed E-state index contributed by atoms with van der Waals surface area (Å²) in [7, 11) is -1.19. The quantitative estimate of drug-likeness (QED) is 0.447. The number of halogens is 2. The molecule has 0 amide bonds. The van der Waals surface area contributed by atoms with Crippen LogP contribution in [0, 0.1) is 9.12 Å². The molecule has 2 atom stereocenters. The molecule has 8 nitrogen and oxygen atoms in total. The lowest BCUT2D eigenvalue weighted by Gasteiger charge is -2.43. The molecule has 1 spiro atoms. The molecule has 1 saturated heterocycles. The van der Waals surface area contributed by atoms with E-state index in [4.69, 9.17) is 16.6 Å². The van der Waals surface area contributed by atoms with Crippen LogP contribution in [0.25, 0.3) is 11.2 Å². The van der Waals surface area contributed by atoms with Crippen LogP contribution in [0.15, 0.2) is 6.20 Å². The van der Waals surface area contributed by atoms with Crippen LogP contribution in [0.1, 0.15) is 50.2 Å². The van der Waals surface area contributed by atoms with Crippen LogP contribution in [0.4, 0.5) is 5.82 Å². The van der Waals surface area contributed by atoms with Gasteiger partial charge in [0.15, 0.2) is 4.47 Å². The highest BCUT2D eigenvalue weighted by atomic mass is 127. The standard InChI is InChI=1S/C19H23ClIN7OS2/c1-18(2,3)31(29)27-14-12-10(30-17(20)24-12)8-19(14)4-6-28(7-5-19)11-9-22-13-15(21)25-26-16(13)23-11/h9,14,27H,4-8H2,1-3H3,(H,23,25,26)/t14-,31-/m1/s1. The summed E-state index contributed by atoms with van der Waals surface area (Å²) in [6.07, 6.45) is 4.64. The Bertz CT molecular complexity index is 1170. The first-order valence-electron chi connectivity index (χ1n) is 10.1. The summed E-state index contributed by atoms with van der Waals surface area (Å²) in [5, 5.41) is 7.18. The number of piperidine rings is 1. The van der Waals surface area contributed by atoms with Crippen molar-refractivity contribution in [2.24, 2.45) is 5.41 Å². The van der Waals surface area contributed by atoms with Crippen molar-refractivity contribution in [3.8, 4) is 0 Å². The molecule has 0 unspecified atom stereocenters. The van der Waals surface area contributed by atoms with Crippen molar-refractivity contribution in [2.75, 3.05) is 18.0 Å². The molecule has 5 rings (SSSR count). The maximum absolute atomic E-state index is 13.0. The third-order valence-electron chi connectivity index (χ3n) is 6.17. The zero-order valence-electron chi connectivity index (χ0n) is 17.4. The minimum Gasteiger partial charge on any atom is -0.355 e. The number of hydrogen-bond acceptors (Lipinski definition) is 7. The molecule has 0 aromatic carbocycles. The molecule has 2 aliphatic rings. The van der Waals surface area contributed by atoms with Crippen LogP contribution in [0.5, 0.6) is 0 Å². The molecule has 0 radical (unpaired) electrons. The van der Waals surface area contributed by atoms with Crippen molar-refractivity contribution < 1.29 is 4.21 Å². The Morgan fingerprint density at radius 3 is 2.81 bits per heavy atom. The highest BCUT2D eigenvalue weighted by Crippen LogP contribution is 2.54. The lowest BCUT2D eigenvalue weighted by molar-refractivity contribution is 0.176.